The Balaban J connectivity index is 2.14. The van der Waals surface area contributed by atoms with E-state index in [2.05, 4.69) is 19.9 Å². The number of rotatable bonds is 1. The van der Waals surface area contributed by atoms with Crippen LogP contribution in [0.3, 0.4) is 0 Å². The van der Waals surface area contributed by atoms with Crippen LogP contribution in [0, 0.1) is 24.7 Å². The molecule has 0 aliphatic heterocycles. The third-order valence-corrected chi connectivity index (χ3v) is 3.53. The average Bonchev–Trinajstić information content (AvgIpc) is 2.60. The molecule has 2 bridgehead atoms. The molecule has 1 unspecified atom stereocenters. The highest BCUT2D eigenvalue weighted by Gasteiger charge is 2.41. The Morgan fingerprint density at radius 3 is 2.91 bits per heavy atom. The molecule has 0 spiro atoms. The van der Waals surface area contributed by atoms with E-state index in [1.165, 1.54) is 19.3 Å². The van der Waals surface area contributed by atoms with Gasteiger partial charge in [0.2, 0.25) is 0 Å². The molecule has 1 radical (unpaired) electrons. The molecule has 2 aliphatic rings. The predicted octanol–water partition coefficient (Wildman–Crippen LogP) is 3.20. The fourth-order valence-corrected chi connectivity index (χ4v) is 3.00. The molecule has 0 aromatic carbocycles. The number of hydrogen-bond acceptors (Lipinski definition) is 0. The van der Waals surface area contributed by atoms with Crippen LogP contribution in [-0.2, 0) is 0 Å². The summed E-state index contributed by atoms with van der Waals surface area (Å²) in [6, 6.07) is 0. The molecule has 0 heteroatoms. The zero-order chi connectivity index (χ0) is 7.84. The van der Waals surface area contributed by atoms with Gasteiger partial charge in [-0.2, -0.15) is 0 Å². The van der Waals surface area contributed by atoms with E-state index in [-0.39, 0.29) is 0 Å². The SMILES string of the molecule is [CH2]CC1C[C@H]2CC(=CC)[C@H]1C2. The topological polar surface area (TPSA) is 0 Å². The van der Waals surface area contributed by atoms with Crippen LogP contribution in [-0.4, -0.2) is 0 Å². The minimum absolute atomic E-state index is 0.931. The maximum absolute atomic E-state index is 4.03. The van der Waals surface area contributed by atoms with E-state index in [9.17, 15) is 0 Å². The summed E-state index contributed by atoms with van der Waals surface area (Å²) in [4.78, 5) is 0. The smallest absolute Gasteiger partial charge is 0.0172 e. The van der Waals surface area contributed by atoms with Crippen molar-refractivity contribution in [1.29, 1.82) is 0 Å². The summed E-state index contributed by atoms with van der Waals surface area (Å²) in [5.74, 6) is 2.89. The lowest BCUT2D eigenvalue weighted by Gasteiger charge is -2.22. The van der Waals surface area contributed by atoms with Gasteiger partial charge in [-0.15, -0.1) is 0 Å². The van der Waals surface area contributed by atoms with Crippen LogP contribution >= 0.6 is 0 Å². The van der Waals surface area contributed by atoms with Gasteiger partial charge < -0.3 is 0 Å². The largest absolute Gasteiger partial charge is 0.0882 e. The van der Waals surface area contributed by atoms with Crippen molar-refractivity contribution in [3.8, 4) is 0 Å². The average molecular weight is 149 g/mol. The van der Waals surface area contributed by atoms with Gasteiger partial charge in [-0.3, -0.25) is 0 Å². The lowest BCUT2D eigenvalue weighted by molar-refractivity contribution is 0.400. The summed E-state index contributed by atoms with van der Waals surface area (Å²) in [6.45, 7) is 6.22. The highest BCUT2D eigenvalue weighted by atomic mass is 14.5. The Morgan fingerprint density at radius 2 is 2.36 bits per heavy atom. The molecule has 2 aliphatic carbocycles. The van der Waals surface area contributed by atoms with Gasteiger partial charge in [-0.25, -0.2) is 0 Å². The van der Waals surface area contributed by atoms with Crippen LogP contribution in [0.2, 0.25) is 0 Å². The van der Waals surface area contributed by atoms with Gasteiger partial charge in [0.15, 0.2) is 0 Å². The van der Waals surface area contributed by atoms with Gasteiger partial charge in [0, 0.05) is 0 Å². The van der Waals surface area contributed by atoms with Crippen LogP contribution < -0.4 is 0 Å². The molecule has 61 valence electrons. The molecule has 0 aromatic heterocycles. The second kappa shape index (κ2) is 2.66. The molecule has 2 rings (SSSR count). The van der Waals surface area contributed by atoms with Gasteiger partial charge in [0.1, 0.15) is 0 Å². The molecule has 0 saturated heterocycles. The van der Waals surface area contributed by atoms with E-state index in [0.29, 0.717) is 0 Å². The van der Waals surface area contributed by atoms with Crippen LogP contribution in [0.4, 0.5) is 0 Å². The molecule has 0 aromatic rings. The van der Waals surface area contributed by atoms with Crippen LogP contribution in [0.25, 0.3) is 0 Å². The van der Waals surface area contributed by atoms with E-state index in [1.54, 1.807) is 5.57 Å². The summed E-state index contributed by atoms with van der Waals surface area (Å²) in [7, 11) is 0. The maximum atomic E-state index is 4.03. The zero-order valence-corrected chi connectivity index (χ0v) is 7.34. The number of hydrogen-bond donors (Lipinski definition) is 0. The minimum atomic E-state index is 0.931. The molecule has 11 heavy (non-hydrogen) atoms. The van der Waals surface area contributed by atoms with Crippen molar-refractivity contribution in [2.45, 2.75) is 32.6 Å². The summed E-state index contributed by atoms with van der Waals surface area (Å²) in [5.41, 5.74) is 1.73. The Hall–Kier alpha value is -0.260. The molecule has 0 N–H and O–H groups in total. The van der Waals surface area contributed by atoms with Gasteiger partial charge >= 0.3 is 0 Å². The number of allylic oxidation sites excluding steroid dienone is 2. The predicted molar refractivity (Wildman–Crippen MR) is 48.1 cm³/mol. The first-order valence-corrected chi connectivity index (χ1v) is 4.79. The Bertz CT molecular complexity index is 178. The van der Waals surface area contributed by atoms with Gasteiger partial charge in [0.05, 0.1) is 0 Å². The van der Waals surface area contributed by atoms with E-state index >= 15 is 0 Å². The Kier molecular flexibility index (Phi) is 1.78. The van der Waals surface area contributed by atoms with E-state index in [0.717, 1.165) is 24.2 Å². The quantitative estimate of drug-likeness (QED) is 0.502. The van der Waals surface area contributed by atoms with Gasteiger partial charge in [-0.05, 0) is 50.4 Å². The van der Waals surface area contributed by atoms with Crippen molar-refractivity contribution in [3.05, 3.63) is 18.6 Å². The van der Waals surface area contributed by atoms with Crippen LogP contribution in [0.1, 0.15) is 32.6 Å². The zero-order valence-electron chi connectivity index (χ0n) is 7.34. The third-order valence-electron chi connectivity index (χ3n) is 3.53. The highest BCUT2D eigenvalue weighted by Crippen LogP contribution is 2.52. The summed E-state index contributed by atoms with van der Waals surface area (Å²) >= 11 is 0. The Morgan fingerprint density at radius 1 is 1.55 bits per heavy atom. The standard InChI is InChI=1S/C11H17/c1-3-9-5-8-6-10(4-2)11(9)7-8/h4,8-9,11H,1,3,5-7H2,2H3/t8-,9?,11-/m0/s1. The molecular formula is C11H17. The first kappa shape index (κ1) is 7.39. The minimum Gasteiger partial charge on any atom is -0.0882 e. The fraction of sp³-hybridized carbons (Fsp3) is 0.727. The molecule has 0 amide bonds. The van der Waals surface area contributed by atoms with Gasteiger partial charge in [0.25, 0.3) is 0 Å². The van der Waals surface area contributed by atoms with Crippen LogP contribution in [0.5, 0.6) is 0 Å². The molecular weight excluding hydrogens is 132 g/mol. The molecule has 2 fully saturated rings. The summed E-state index contributed by atoms with van der Waals surface area (Å²) in [6.07, 6.45) is 7.83. The molecule has 0 heterocycles. The first-order chi connectivity index (χ1) is 5.35. The van der Waals surface area contributed by atoms with Crippen molar-refractivity contribution in [2.24, 2.45) is 17.8 Å². The second-order valence-electron chi connectivity index (χ2n) is 4.06. The molecule has 2 saturated carbocycles. The van der Waals surface area contributed by atoms with E-state index in [4.69, 9.17) is 0 Å². The molecule has 0 nitrogen and oxygen atoms in total. The lowest BCUT2D eigenvalue weighted by atomic mass is 9.83. The maximum Gasteiger partial charge on any atom is -0.0172 e. The monoisotopic (exact) mass is 149 g/mol. The second-order valence-corrected chi connectivity index (χ2v) is 4.06. The summed E-state index contributed by atoms with van der Waals surface area (Å²) in [5, 5.41) is 0. The fourth-order valence-electron chi connectivity index (χ4n) is 3.00. The summed E-state index contributed by atoms with van der Waals surface area (Å²) < 4.78 is 0. The third kappa shape index (κ3) is 1.04. The lowest BCUT2D eigenvalue weighted by Crippen LogP contribution is -2.11. The van der Waals surface area contributed by atoms with Crippen molar-refractivity contribution in [2.75, 3.05) is 0 Å². The normalized spacial score (nSPS) is 45.6. The molecule has 3 atom stereocenters. The Labute approximate surface area is 69.7 Å². The van der Waals surface area contributed by atoms with Crippen molar-refractivity contribution < 1.29 is 0 Å². The highest BCUT2D eigenvalue weighted by molar-refractivity contribution is 5.18. The van der Waals surface area contributed by atoms with Crippen molar-refractivity contribution in [1.82, 2.24) is 0 Å². The van der Waals surface area contributed by atoms with Crippen molar-refractivity contribution in [3.63, 3.8) is 0 Å². The van der Waals surface area contributed by atoms with E-state index in [1.807, 2.05) is 0 Å². The van der Waals surface area contributed by atoms with Crippen LogP contribution in [0.15, 0.2) is 11.6 Å². The van der Waals surface area contributed by atoms with E-state index < -0.39 is 0 Å². The first-order valence-electron chi connectivity index (χ1n) is 4.79. The number of fused-ring (bicyclic) bond motifs is 2. The van der Waals surface area contributed by atoms with Gasteiger partial charge in [-0.1, -0.05) is 18.6 Å². The van der Waals surface area contributed by atoms with Crippen molar-refractivity contribution >= 4 is 0 Å².